The third-order valence-corrected chi connectivity index (χ3v) is 6.28. The fourth-order valence-electron chi connectivity index (χ4n) is 3.31. The highest BCUT2D eigenvalue weighted by atomic mass is 32.2. The summed E-state index contributed by atoms with van der Waals surface area (Å²) in [4.78, 5) is 11.4. The average Bonchev–Trinajstić information content (AvgIpc) is 2.98. The maximum atomic E-state index is 12.4. The Morgan fingerprint density at radius 1 is 1.11 bits per heavy atom. The van der Waals surface area contributed by atoms with Crippen LogP contribution in [0.3, 0.4) is 0 Å². The van der Waals surface area contributed by atoms with E-state index in [1.54, 1.807) is 13.8 Å². The molecule has 0 radical (unpaired) electrons. The van der Waals surface area contributed by atoms with Crippen LogP contribution in [0, 0.1) is 20.8 Å². The number of aromatic amines is 1. The monoisotopic (exact) mass is 393 g/mol. The van der Waals surface area contributed by atoms with Crippen LogP contribution in [-0.2, 0) is 10.0 Å². The van der Waals surface area contributed by atoms with Gasteiger partial charge in [0.25, 0.3) is 0 Å². The molecule has 0 saturated carbocycles. The van der Waals surface area contributed by atoms with Gasteiger partial charge in [-0.25, -0.2) is 23.1 Å². The minimum Gasteiger partial charge on any atom is -0.369 e. The third-order valence-electron chi connectivity index (χ3n) is 4.56. The molecule has 3 rings (SSSR count). The maximum absolute atomic E-state index is 12.4. The number of nitrogens with zero attached hydrogens (tertiary/aromatic N) is 4. The van der Waals surface area contributed by atoms with Crippen molar-refractivity contribution in [2.75, 3.05) is 36.4 Å². The average molecular weight is 394 g/mol. The molecular weight excluding hydrogens is 366 g/mol. The Morgan fingerprint density at radius 2 is 1.85 bits per heavy atom. The summed E-state index contributed by atoms with van der Waals surface area (Å²) in [7, 11) is -3.59. The van der Waals surface area contributed by atoms with Gasteiger partial charge in [0, 0.05) is 32.2 Å². The van der Waals surface area contributed by atoms with E-state index < -0.39 is 10.0 Å². The lowest BCUT2D eigenvalue weighted by molar-refractivity contribution is 0.572. The molecule has 0 atom stereocenters. The predicted octanol–water partition coefficient (Wildman–Crippen LogP) is 1.51. The lowest BCUT2D eigenvalue weighted by Gasteiger charge is -2.28. The number of aromatic nitrogens is 4. The quantitative estimate of drug-likeness (QED) is 0.611. The van der Waals surface area contributed by atoms with E-state index in [1.807, 2.05) is 13.0 Å². The van der Waals surface area contributed by atoms with Gasteiger partial charge in [0.2, 0.25) is 10.0 Å². The first-order valence-electron chi connectivity index (χ1n) is 9.22. The first-order chi connectivity index (χ1) is 12.9. The van der Waals surface area contributed by atoms with Crippen LogP contribution in [0.4, 0.5) is 11.6 Å². The number of H-pyrrole nitrogens is 1. The van der Waals surface area contributed by atoms with Crippen LogP contribution in [-0.4, -0.2) is 54.8 Å². The summed E-state index contributed by atoms with van der Waals surface area (Å²) < 4.78 is 27.5. The minimum atomic E-state index is -3.59. The molecule has 1 fully saturated rings. The van der Waals surface area contributed by atoms with Gasteiger partial charge in [0.05, 0.1) is 11.4 Å². The Hall–Kier alpha value is -2.20. The molecule has 1 aliphatic rings. The molecule has 2 aromatic rings. The van der Waals surface area contributed by atoms with Gasteiger partial charge in [0.15, 0.2) is 0 Å². The van der Waals surface area contributed by atoms with Crippen molar-refractivity contribution in [1.82, 2.24) is 24.9 Å². The Bertz CT molecular complexity index is 869. The predicted molar refractivity (Wildman–Crippen MR) is 105 cm³/mol. The van der Waals surface area contributed by atoms with Crippen LogP contribution in [0.5, 0.6) is 0 Å². The van der Waals surface area contributed by atoms with Gasteiger partial charge in [-0.3, -0.25) is 5.10 Å². The molecule has 10 heteroatoms. The summed E-state index contributed by atoms with van der Waals surface area (Å²) in [6, 6.07) is 1.93. The maximum Gasteiger partial charge on any atom is 0.244 e. The SMILES string of the molecule is Cc1nc(NCCNS(=O)(=O)c2c(C)n[nH]c2C)cc(N2CCCCC2)n1. The van der Waals surface area contributed by atoms with Crippen LogP contribution in [0.15, 0.2) is 11.0 Å². The van der Waals surface area contributed by atoms with Crippen molar-refractivity contribution in [2.45, 2.75) is 44.9 Å². The van der Waals surface area contributed by atoms with Crippen LogP contribution in [0.1, 0.15) is 36.5 Å². The van der Waals surface area contributed by atoms with E-state index in [0.29, 0.717) is 29.6 Å². The van der Waals surface area contributed by atoms with E-state index in [2.05, 4.69) is 35.1 Å². The van der Waals surface area contributed by atoms with E-state index in [9.17, 15) is 8.42 Å². The Morgan fingerprint density at radius 3 is 2.52 bits per heavy atom. The summed E-state index contributed by atoms with van der Waals surface area (Å²) in [5.41, 5.74) is 0.996. The molecule has 0 amide bonds. The Kier molecular flexibility index (Phi) is 5.95. The van der Waals surface area contributed by atoms with Crippen molar-refractivity contribution in [2.24, 2.45) is 0 Å². The van der Waals surface area contributed by atoms with E-state index in [-0.39, 0.29) is 11.4 Å². The zero-order valence-corrected chi connectivity index (χ0v) is 16.9. The van der Waals surface area contributed by atoms with Gasteiger partial charge in [0.1, 0.15) is 22.4 Å². The molecule has 27 heavy (non-hydrogen) atoms. The van der Waals surface area contributed by atoms with Gasteiger partial charge in [-0.1, -0.05) is 0 Å². The molecular formula is C17H27N7O2S. The smallest absolute Gasteiger partial charge is 0.244 e. The van der Waals surface area contributed by atoms with Crippen molar-refractivity contribution in [3.63, 3.8) is 0 Å². The van der Waals surface area contributed by atoms with Crippen molar-refractivity contribution in [1.29, 1.82) is 0 Å². The van der Waals surface area contributed by atoms with Gasteiger partial charge in [-0.05, 0) is 40.0 Å². The standard InChI is InChI=1S/C17H27N7O2S/c1-12-17(13(2)23-22-12)27(25,26)19-8-7-18-15-11-16(21-14(3)20-15)24-9-5-4-6-10-24/h11,19H,4-10H2,1-3H3,(H,22,23)(H,18,20,21). The van der Waals surface area contributed by atoms with Gasteiger partial charge in [-0.2, -0.15) is 5.10 Å². The number of piperidine rings is 1. The second-order valence-electron chi connectivity index (χ2n) is 6.79. The molecule has 3 N–H and O–H groups in total. The van der Waals surface area contributed by atoms with Crippen molar-refractivity contribution in [3.8, 4) is 0 Å². The van der Waals surface area contributed by atoms with E-state index in [0.717, 1.165) is 18.9 Å². The van der Waals surface area contributed by atoms with Crippen LogP contribution >= 0.6 is 0 Å². The molecule has 1 aliphatic heterocycles. The summed E-state index contributed by atoms with van der Waals surface area (Å²) >= 11 is 0. The molecule has 0 bridgehead atoms. The van der Waals surface area contributed by atoms with Gasteiger partial charge >= 0.3 is 0 Å². The first-order valence-corrected chi connectivity index (χ1v) is 10.7. The summed E-state index contributed by atoms with van der Waals surface area (Å²) in [5, 5.41) is 9.82. The number of nitrogens with one attached hydrogen (secondary N) is 3. The van der Waals surface area contributed by atoms with Crippen molar-refractivity contribution < 1.29 is 8.42 Å². The number of hydrogen-bond acceptors (Lipinski definition) is 7. The normalized spacial score (nSPS) is 15.1. The van der Waals surface area contributed by atoms with Gasteiger partial charge < -0.3 is 10.2 Å². The summed E-state index contributed by atoms with van der Waals surface area (Å²) in [5.74, 6) is 2.33. The summed E-state index contributed by atoms with van der Waals surface area (Å²) in [6.45, 7) is 7.92. The molecule has 2 aromatic heterocycles. The molecule has 1 saturated heterocycles. The fourth-order valence-corrected chi connectivity index (χ4v) is 4.71. The zero-order chi connectivity index (χ0) is 19.4. The lowest BCUT2D eigenvalue weighted by Crippen LogP contribution is -2.31. The highest BCUT2D eigenvalue weighted by Crippen LogP contribution is 2.20. The van der Waals surface area contributed by atoms with Crippen LogP contribution in [0.25, 0.3) is 0 Å². The van der Waals surface area contributed by atoms with Crippen LogP contribution in [0.2, 0.25) is 0 Å². The first kappa shape index (κ1) is 19.6. The Labute approximate surface area is 160 Å². The number of sulfonamides is 1. The van der Waals surface area contributed by atoms with Crippen molar-refractivity contribution >= 4 is 21.7 Å². The molecule has 0 aliphatic carbocycles. The molecule has 9 nitrogen and oxygen atoms in total. The molecule has 0 aromatic carbocycles. The van der Waals surface area contributed by atoms with Gasteiger partial charge in [-0.15, -0.1) is 0 Å². The molecule has 3 heterocycles. The summed E-state index contributed by atoms with van der Waals surface area (Å²) in [6.07, 6.45) is 3.63. The number of aryl methyl sites for hydroxylation is 3. The highest BCUT2D eigenvalue weighted by molar-refractivity contribution is 7.89. The topological polar surface area (TPSA) is 116 Å². The molecule has 148 valence electrons. The number of anilines is 2. The largest absolute Gasteiger partial charge is 0.369 e. The zero-order valence-electron chi connectivity index (χ0n) is 16.0. The Balaban J connectivity index is 1.58. The van der Waals surface area contributed by atoms with E-state index >= 15 is 0 Å². The van der Waals surface area contributed by atoms with Crippen LogP contribution < -0.4 is 14.9 Å². The number of rotatable bonds is 7. The second-order valence-corrected chi connectivity index (χ2v) is 8.50. The molecule has 0 spiro atoms. The van der Waals surface area contributed by atoms with E-state index in [1.165, 1.54) is 19.3 Å². The number of hydrogen-bond donors (Lipinski definition) is 3. The molecule has 0 unspecified atom stereocenters. The second kappa shape index (κ2) is 8.22. The van der Waals surface area contributed by atoms with E-state index in [4.69, 9.17) is 0 Å². The minimum absolute atomic E-state index is 0.216. The van der Waals surface area contributed by atoms with Crippen molar-refractivity contribution in [3.05, 3.63) is 23.3 Å². The third kappa shape index (κ3) is 4.75. The lowest BCUT2D eigenvalue weighted by atomic mass is 10.1. The highest BCUT2D eigenvalue weighted by Gasteiger charge is 2.21. The fraction of sp³-hybridized carbons (Fsp3) is 0.588.